The number of aromatic amines is 1. The third-order valence-electron chi connectivity index (χ3n) is 5.13. The van der Waals surface area contributed by atoms with Crippen LogP contribution in [0.4, 0.5) is 0 Å². The van der Waals surface area contributed by atoms with E-state index in [1.807, 2.05) is 0 Å². The lowest BCUT2D eigenvalue weighted by Crippen LogP contribution is -2.21. The minimum atomic E-state index is 0.0632. The van der Waals surface area contributed by atoms with Gasteiger partial charge >= 0.3 is 0 Å². The lowest BCUT2D eigenvalue weighted by molar-refractivity contribution is -0.118. The van der Waals surface area contributed by atoms with Crippen LogP contribution >= 0.6 is 0 Å². The van der Waals surface area contributed by atoms with Crippen molar-refractivity contribution in [3.63, 3.8) is 0 Å². The summed E-state index contributed by atoms with van der Waals surface area (Å²) in [5, 5.41) is 4.28. The van der Waals surface area contributed by atoms with Gasteiger partial charge in [0.15, 0.2) is 0 Å². The topological polar surface area (TPSA) is 44.9 Å². The zero-order valence-electron chi connectivity index (χ0n) is 13.3. The predicted octanol–water partition coefficient (Wildman–Crippen LogP) is 3.74. The summed E-state index contributed by atoms with van der Waals surface area (Å²) in [6.07, 6.45) is 1.05. The van der Waals surface area contributed by atoms with Crippen molar-refractivity contribution in [2.45, 2.75) is 40.0 Å². The number of aryl methyl sites for hydroxylation is 1. The van der Waals surface area contributed by atoms with Gasteiger partial charge in [0.2, 0.25) is 5.91 Å². The number of carbonyl (C=O) groups is 1. The summed E-state index contributed by atoms with van der Waals surface area (Å²) in [6, 6.07) is 8.55. The summed E-state index contributed by atoms with van der Waals surface area (Å²) in [5.74, 6) is 1.29. The smallest absolute Gasteiger partial charge is 0.216 e. The molecule has 1 aromatic carbocycles. The molecule has 3 nitrogen and oxygen atoms in total. The van der Waals surface area contributed by atoms with Crippen molar-refractivity contribution in [3.05, 3.63) is 35.5 Å². The highest BCUT2D eigenvalue weighted by Gasteiger charge is 2.58. The van der Waals surface area contributed by atoms with Crippen molar-refractivity contribution < 1.29 is 4.79 Å². The van der Waals surface area contributed by atoms with E-state index in [4.69, 9.17) is 0 Å². The molecule has 112 valence electrons. The van der Waals surface area contributed by atoms with E-state index in [-0.39, 0.29) is 5.91 Å². The molecule has 1 aliphatic rings. The van der Waals surface area contributed by atoms with Crippen molar-refractivity contribution in [3.8, 4) is 0 Å². The maximum Gasteiger partial charge on any atom is 0.216 e. The van der Waals surface area contributed by atoms with Crippen LogP contribution in [-0.2, 0) is 4.79 Å². The van der Waals surface area contributed by atoms with Crippen LogP contribution in [0.25, 0.3) is 10.9 Å². The number of para-hydroxylation sites is 1. The molecule has 1 aliphatic carbocycles. The molecule has 1 amide bonds. The van der Waals surface area contributed by atoms with E-state index in [0.717, 1.165) is 13.0 Å². The summed E-state index contributed by atoms with van der Waals surface area (Å²) in [7, 11) is 0. The van der Waals surface area contributed by atoms with Crippen LogP contribution in [0.3, 0.4) is 0 Å². The number of hydrogen-bond donors (Lipinski definition) is 2. The Labute approximate surface area is 126 Å². The fraction of sp³-hybridized carbons (Fsp3) is 0.500. The van der Waals surface area contributed by atoms with E-state index in [9.17, 15) is 4.79 Å². The first-order valence-electron chi connectivity index (χ1n) is 7.74. The molecular formula is C18H24N2O. The molecule has 0 unspecified atom stereocenters. The normalized spacial score (nSPS) is 23.2. The first-order valence-corrected chi connectivity index (χ1v) is 7.74. The minimum absolute atomic E-state index is 0.0632. The summed E-state index contributed by atoms with van der Waals surface area (Å²) < 4.78 is 0. The summed E-state index contributed by atoms with van der Waals surface area (Å²) in [4.78, 5) is 14.5. The van der Waals surface area contributed by atoms with Crippen LogP contribution in [0.2, 0.25) is 0 Å². The third kappa shape index (κ3) is 2.35. The van der Waals surface area contributed by atoms with E-state index in [1.165, 1.54) is 22.2 Å². The van der Waals surface area contributed by atoms with E-state index in [1.54, 1.807) is 6.92 Å². The highest BCUT2D eigenvalue weighted by atomic mass is 16.1. The first-order chi connectivity index (χ1) is 9.93. The van der Waals surface area contributed by atoms with Gasteiger partial charge in [-0.2, -0.15) is 0 Å². The molecule has 0 spiro atoms. The number of H-pyrrole nitrogens is 1. The van der Waals surface area contributed by atoms with Crippen molar-refractivity contribution >= 4 is 16.8 Å². The summed E-state index contributed by atoms with van der Waals surface area (Å²) in [5.41, 5.74) is 4.31. The van der Waals surface area contributed by atoms with Gasteiger partial charge in [0.25, 0.3) is 0 Å². The van der Waals surface area contributed by atoms with Crippen LogP contribution in [-0.4, -0.2) is 17.4 Å². The Morgan fingerprint density at radius 3 is 2.76 bits per heavy atom. The van der Waals surface area contributed by atoms with Crippen LogP contribution in [0.5, 0.6) is 0 Å². The highest BCUT2D eigenvalue weighted by molar-refractivity contribution is 5.86. The zero-order chi connectivity index (χ0) is 15.2. The number of nitrogens with one attached hydrogen (secondary N) is 2. The number of aromatic nitrogens is 1. The van der Waals surface area contributed by atoms with Gasteiger partial charge < -0.3 is 10.3 Å². The lowest BCUT2D eigenvalue weighted by Gasteiger charge is -2.03. The predicted molar refractivity (Wildman–Crippen MR) is 86.3 cm³/mol. The molecule has 2 N–H and O–H groups in total. The van der Waals surface area contributed by atoms with Gasteiger partial charge in [0.05, 0.1) is 0 Å². The lowest BCUT2D eigenvalue weighted by atomic mass is 10.0. The average molecular weight is 284 g/mol. The van der Waals surface area contributed by atoms with Crippen molar-refractivity contribution in [2.24, 2.45) is 11.3 Å². The highest BCUT2D eigenvalue weighted by Crippen LogP contribution is 2.67. The van der Waals surface area contributed by atoms with E-state index in [2.05, 4.69) is 55.3 Å². The Balaban J connectivity index is 1.85. The van der Waals surface area contributed by atoms with Crippen LogP contribution in [0.15, 0.2) is 24.3 Å². The van der Waals surface area contributed by atoms with Gasteiger partial charge in [-0.25, -0.2) is 0 Å². The Bertz CT molecular complexity index is 684. The van der Waals surface area contributed by atoms with Crippen molar-refractivity contribution in [2.75, 3.05) is 6.54 Å². The van der Waals surface area contributed by atoms with Gasteiger partial charge in [-0.05, 0) is 42.2 Å². The number of benzene rings is 1. The monoisotopic (exact) mass is 284 g/mol. The fourth-order valence-corrected chi connectivity index (χ4v) is 3.96. The maximum absolute atomic E-state index is 11.0. The molecule has 0 bridgehead atoms. The van der Waals surface area contributed by atoms with Crippen molar-refractivity contribution in [1.29, 1.82) is 0 Å². The molecule has 1 aromatic heterocycles. The molecule has 0 aliphatic heterocycles. The molecular weight excluding hydrogens is 260 g/mol. The minimum Gasteiger partial charge on any atom is -0.358 e. The Kier molecular flexibility index (Phi) is 3.31. The standard InChI is InChI=1S/C18H24N2O/c1-11-16(13-7-5-6-8-15(13)20-11)17-14(18(17,3)4)9-10-19-12(2)21/h5-8,14,17,20H,9-10H2,1-4H3,(H,19,21)/t14-,17-/m1/s1. The van der Waals surface area contributed by atoms with Gasteiger partial charge in [-0.3, -0.25) is 4.79 Å². The van der Waals surface area contributed by atoms with E-state index in [0.29, 0.717) is 17.3 Å². The second-order valence-electron chi connectivity index (χ2n) is 6.89. The van der Waals surface area contributed by atoms with Gasteiger partial charge in [0, 0.05) is 30.1 Å². The largest absolute Gasteiger partial charge is 0.358 e. The fourth-order valence-electron chi connectivity index (χ4n) is 3.96. The molecule has 0 radical (unpaired) electrons. The second kappa shape index (κ2) is 4.90. The third-order valence-corrected chi connectivity index (χ3v) is 5.13. The molecule has 2 aromatic rings. The molecule has 0 saturated heterocycles. The average Bonchev–Trinajstić information content (AvgIpc) is 2.77. The molecule has 3 rings (SSSR count). The van der Waals surface area contributed by atoms with Crippen LogP contribution < -0.4 is 5.32 Å². The molecule has 1 saturated carbocycles. The zero-order valence-corrected chi connectivity index (χ0v) is 13.3. The SMILES string of the molecule is CC(=O)NCC[C@@H]1[C@H](c2c(C)[nH]c3ccccc23)C1(C)C. The molecule has 1 heterocycles. The van der Waals surface area contributed by atoms with Crippen LogP contribution in [0.1, 0.15) is 44.4 Å². The Hall–Kier alpha value is -1.77. The molecule has 21 heavy (non-hydrogen) atoms. The van der Waals surface area contributed by atoms with Gasteiger partial charge in [-0.15, -0.1) is 0 Å². The summed E-state index contributed by atoms with van der Waals surface area (Å²) >= 11 is 0. The quantitative estimate of drug-likeness (QED) is 0.882. The number of rotatable bonds is 4. The van der Waals surface area contributed by atoms with Gasteiger partial charge in [-0.1, -0.05) is 32.0 Å². The summed E-state index contributed by atoms with van der Waals surface area (Å²) in [6.45, 7) is 9.23. The first kappa shape index (κ1) is 14.2. The number of hydrogen-bond acceptors (Lipinski definition) is 1. The molecule has 2 atom stereocenters. The second-order valence-corrected chi connectivity index (χ2v) is 6.89. The number of carbonyl (C=O) groups excluding carboxylic acids is 1. The Morgan fingerprint density at radius 2 is 2.05 bits per heavy atom. The van der Waals surface area contributed by atoms with Gasteiger partial charge in [0.1, 0.15) is 0 Å². The Morgan fingerprint density at radius 1 is 1.33 bits per heavy atom. The van der Waals surface area contributed by atoms with Crippen LogP contribution in [0, 0.1) is 18.3 Å². The van der Waals surface area contributed by atoms with E-state index < -0.39 is 0 Å². The number of amides is 1. The maximum atomic E-state index is 11.0. The van der Waals surface area contributed by atoms with Crippen molar-refractivity contribution in [1.82, 2.24) is 10.3 Å². The van der Waals surface area contributed by atoms with E-state index >= 15 is 0 Å². The molecule has 3 heteroatoms. The molecule has 1 fully saturated rings. The number of fused-ring (bicyclic) bond motifs is 1.